The molecule has 0 aliphatic heterocycles. The highest BCUT2D eigenvalue weighted by atomic mass is 28.3. The molecule has 196 valence electrons. The summed E-state index contributed by atoms with van der Waals surface area (Å²) in [6, 6.07) is 4.08. The number of unbranched alkanes of at least 4 members (excludes halogenated alkanes) is 3. The molecule has 0 heterocycles. The van der Waals surface area contributed by atoms with Crippen LogP contribution in [-0.2, 0) is 4.79 Å². The smallest absolute Gasteiger partial charge is 0.330 e. The lowest BCUT2D eigenvalue weighted by Gasteiger charge is -2.37. The summed E-state index contributed by atoms with van der Waals surface area (Å²) in [5.41, 5.74) is 0.688. The van der Waals surface area contributed by atoms with Crippen LogP contribution in [0.15, 0.2) is 12.2 Å². The number of hydrogen-bond acceptors (Lipinski definition) is 1. The molecule has 0 aromatic heterocycles. The van der Waals surface area contributed by atoms with Crippen molar-refractivity contribution >= 4 is 34.5 Å². The fourth-order valence-electron chi connectivity index (χ4n) is 5.63. The van der Waals surface area contributed by atoms with Gasteiger partial charge >= 0.3 is 5.97 Å². The van der Waals surface area contributed by atoms with Crippen molar-refractivity contribution in [2.75, 3.05) is 0 Å². The van der Waals surface area contributed by atoms with E-state index >= 15 is 0 Å². The Morgan fingerprint density at radius 1 is 0.697 bits per heavy atom. The van der Waals surface area contributed by atoms with Gasteiger partial charge < -0.3 is 5.11 Å². The Labute approximate surface area is 215 Å². The molecule has 0 aliphatic carbocycles. The molecule has 0 fully saturated rings. The van der Waals surface area contributed by atoms with Crippen LogP contribution in [-0.4, -0.2) is 39.6 Å². The highest BCUT2D eigenvalue weighted by Crippen LogP contribution is 2.39. The van der Waals surface area contributed by atoms with E-state index in [1.807, 2.05) is 0 Å². The topological polar surface area (TPSA) is 37.3 Å². The summed E-state index contributed by atoms with van der Waals surface area (Å²) in [6.45, 7) is 18.3. The van der Waals surface area contributed by atoms with Gasteiger partial charge in [0, 0.05) is 34.1 Å². The molecule has 0 rings (SSSR count). The van der Waals surface area contributed by atoms with E-state index in [1.54, 1.807) is 0 Å². The van der Waals surface area contributed by atoms with Gasteiger partial charge in [-0.05, 0) is 22.0 Å². The molecule has 1 N–H and O–H groups in total. The van der Waals surface area contributed by atoms with E-state index < -0.39 is 34.5 Å². The van der Waals surface area contributed by atoms with Crippen LogP contribution >= 0.6 is 0 Å². The van der Waals surface area contributed by atoms with E-state index in [0.717, 1.165) is 17.8 Å². The highest BCUT2D eigenvalue weighted by molar-refractivity contribution is 6.82. The first kappa shape index (κ1) is 32.9. The van der Waals surface area contributed by atoms with Crippen molar-refractivity contribution in [1.82, 2.24) is 0 Å². The number of hydrogen-bond donors (Lipinski definition) is 1. The Bertz CT molecular complexity index is 459. The van der Waals surface area contributed by atoms with E-state index in [4.69, 9.17) is 0 Å². The third-order valence-corrected chi connectivity index (χ3v) is 22.5. The van der Waals surface area contributed by atoms with E-state index in [9.17, 15) is 9.90 Å². The third-order valence-electron chi connectivity index (χ3n) is 8.62. The minimum atomic E-state index is -0.660. The zero-order valence-electron chi connectivity index (χ0n) is 23.5. The van der Waals surface area contributed by atoms with E-state index in [1.165, 1.54) is 95.2 Å². The molecular formula is C28H60O2Si3. The van der Waals surface area contributed by atoms with Crippen LogP contribution in [0.5, 0.6) is 0 Å². The van der Waals surface area contributed by atoms with Crippen molar-refractivity contribution in [3.8, 4) is 0 Å². The van der Waals surface area contributed by atoms with Crippen LogP contribution < -0.4 is 0 Å². The maximum atomic E-state index is 12.4. The third kappa shape index (κ3) is 13.5. The molecule has 0 aromatic rings. The molecule has 2 nitrogen and oxygen atoms in total. The minimum Gasteiger partial charge on any atom is -0.478 e. The average Bonchev–Trinajstić information content (AvgIpc) is 2.83. The SMILES string of the molecule is C=C(C(=O)O)C([SiH2]CC(CC)CCCC)([SiH2]CC(CC)CCCC)[SiH2]CC(CC)CCCC. The second kappa shape index (κ2) is 20.1. The molecule has 0 saturated heterocycles. The maximum Gasteiger partial charge on any atom is 0.330 e. The molecule has 0 bridgehead atoms. The number of carboxylic acids is 1. The molecule has 3 atom stereocenters. The molecular weight excluding hydrogens is 453 g/mol. The Hall–Kier alpha value is -0.139. The normalized spacial score (nSPS) is 17.3. The molecule has 3 unspecified atom stereocenters. The monoisotopic (exact) mass is 512 g/mol. The lowest BCUT2D eigenvalue weighted by Crippen LogP contribution is -2.40. The molecule has 0 saturated carbocycles. The largest absolute Gasteiger partial charge is 0.478 e. The lowest BCUT2D eigenvalue weighted by atomic mass is 10.0. The summed E-state index contributed by atoms with van der Waals surface area (Å²) in [6.07, 6.45) is 15.7. The Morgan fingerprint density at radius 2 is 1.00 bits per heavy atom. The van der Waals surface area contributed by atoms with E-state index in [2.05, 4.69) is 48.1 Å². The van der Waals surface area contributed by atoms with Crippen LogP contribution in [0.2, 0.25) is 22.4 Å². The van der Waals surface area contributed by atoms with Gasteiger partial charge in [-0.25, -0.2) is 4.79 Å². The van der Waals surface area contributed by atoms with Gasteiger partial charge in [-0.2, -0.15) is 0 Å². The van der Waals surface area contributed by atoms with Crippen molar-refractivity contribution in [2.45, 2.75) is 141 Å². The zero-order chi connectivity index (χ0) is 25.1. The number of carboxylic acid groups (broad SMARTS) is 1. The predicted molar refractivity (Wildman–Crippen MR) is 159 cm³/mol. The average molecular weight is 513 g/mol. The molecule has 0 aromatic carbocycles. The summed E-state index contributed by atoms with van der Waals surface area (Å²) in [5.74, 6) is 1.81. The lowest BCUT2D eigenvalue weighted by molar-refractivity contribution is -0.132. The summed E-state index contributed by atoms with van der Waals surface area (Å²) in [4.78, 5) is 12.4. The fourth-order valence-corrected chi connectivity index (χ4v) is 18.6. The van der Waals surface area contributed by atoms with Gasteiger partial charge in [-0.3, -0.25) is 0 Å². The Morgan fingerprint density at radius 3 is 1.21 bits per heavy atom. The second-order valence-electron chi connectivity index (χ2n) is 10.9. The van der Waals surface area contributed by atoms with Gasteiger partial charge in [-0.1, -0.05) is 143 Å². The van der Waals surface area contributed by atoms with Crippen LogP contribution in [0.3, 0.4) is 0 Å². The van der Waals surface area contributed by atoms with Gasteiger partial charge in [0.1, 0.15) is 0 Å². The summed E-state index contributed by atoms with van der Waals surface area (Å²) >= 11 is 0. The van der Waals surface area contributed by atoms with Gasteiger partial charge in [0.25, 0.3) is 0 Å². The molecule has 33 heavy (non-hydrogen) atoms. The van der Waals surface area contributed by atoms with Crippen LogP contribution in [0.25, 0.3) is 0 Å². The summed E-state index contributed by atoms with van der Waals surface area (Å²) in [5, 5.41) is 10.2. The standard InChI is InChI=1S/C28H60O2Si3/c1-8-14-17-24(11-4)20-31-28(23(7)27(29)30,32-21-25(12-5)18-15-9-2)33-22-26(13-6)19-16-10-3/h24-26H,7-22,31-33H2,1-6H3,(H,29,30). The first-order valence-electron chi connectivity index (χ1n) is 14.8. The van der Waals surface area contributed by atoms with Crippen LogP contribution in [0.1, 0.15) is 119 Å². The van der Waals surface area contributed by atoms with Crippen molar-refractivity contribution in [1.29, 1.82) is 0 Å². The highest BCUT2D eigenvalue weighted by Gasteiger charge is 2.38. The predicted octanol–water partition coefficient (Wildman–Crippen LogP) is 7.11. The number of rotatable bonds is 23. The minimum absolute atomic E-state index is 0.185. The van der Waals surface area contributed by atoms with Gasteiger partial charge in [0.2, 0.25) is 0 Å². The fraction of sp³-hybridized carbons (Fsp3) is 0.893. The number of carbonyl (C=O) groups is 1. The summed E-state index contributed by atoms with van der Waals surface area (Å²) in [7, 11) is -1.36. The molecule has 0 radical (unpaired) electrons. The molecule has 0 aliphatic rings. The van der Waals surface area contributed by atoms with Gasteiger partial charge in [0.05, 0.1) is 0 Å². The molecule has 5 heteroatoms. The van der Waals surface area contributed by atoms with Crippen molar-refractivity contribution < 1.29 is 9.90 Å². The van der Waals surface area contributed by atoms with Crippen molar-refractivity contribution in [3.05, 3.63) is 12.2 Å². The van der Waals surface area contributed by atoms with Gasteiger partial charge in [0.15, 0.2) is 0 Å². The second-order valence-corrected chi connectivity index (χ2v) is 21.2. The first-order valence-corrected chi connectivity index (χ1v) is 19.9. The maximum absolute atomic E-state index is 12.4. The van der Waals surface area contributed by atoms with Crippen LogP contribution in [0, 0.1) is 17.8 Å². The summed E-state index contributed by atoms with van der Waals surface area (Å²) < 4.78 is 0.185. The van der Waals surface area contributed by atoms with Crippen LogP contribution in [0.4, 0.5) is 0 Å². The van der Waals surface area contributed by atoms with Crippen molar-refractivity contribution in [3.63, 3.8) is 0 Å². The quantitative estimate of drug-likeness (QED) is 0.117. The van der Waals surface area contributed by atoms with Crippen molar-refractivity contribution in [2.24, 2.45) is 17.8 Å². The van der Waals surface area contributed by atoms with E-state index in [0.29, 0.717) is 5.57 Å². The Balaban J connectivity index is 5.72. The molecule has 0 amide bonds. The Kier molecular flexibility index (Phi) is 20.0. The molecule has 0 spiro atoms. The first-order chi connectivity index (χ1) is 15.8. The van der Waals surface area contributed by atoms with E-state index in [-0.39, 0.29) is 4.28 Å². The van der Waals surface area contributed by atoms with Gasteiger partial charge in [-0.15, -0.1) is 0 Å². The number of aliphatic carboxylic acids is 1. The zero-order valence-corrected chi connectivity index (χ0v) is 27.8.